The van der Waals surface area contributed by atoms with E-state index in [1.165, 1.54) is 13.1 Å². The average Bonchev–Trinajstić information content (AvgIpc) is 4.05. The molecule has 2 aliphatic heterocycles. The number of nitrogens with zero attached hydrogens (tertiary/aromatic N) is 3. The summed E-state index contributed by atoms with van der Waals surface area (Å²) in [6, 6.07) is 3.85. The molecule has 7 rings (SSSR count). The maximum absolute atomic E-state index is 15.0. The molecule has 7 atom stereocenters. The fraction of sp³-hybridized carbons (Fsp3) is 0.625. The summed E-state index contributed by atoms with van der Waals surface area (Å²) in [5.74, 6) is -3.85. The number of aromatic nitrogens is 1. The number of fused-ring (bicyclic) bond motifs is 3. The number of allylic oxidation sites excluding steroid dienone is 1. The zero-order valence-electron chi connectivity index (χ0n) is 32.8. The summed E-state index contributed by atoms with van der Waals surface area (Å²) >= 11 is 0. The number of benzene rings is 1. The van der Waals surface area contributed by atoms with Gasteiger partial charge in [-0.3, -0.25) is 24.0 Å². The molecule has 18 heteroatoms. The Kier molecular flexibility index (Phi) is 10.9. The molecular weight excluding hydrogens is 784 g/mol. The molecule has 0 bridgehead atoms. The van der Waals surface area contributed by atoms with Crippen LogP contribution in [0.2, 0.25) is 0 Å². The van der Waals surface area contributed by atoms with E-state index in [1.807, 2.05) is 25.1 Å². The van der Waals surface area contributed by atoms with E-state index in [4.69, 9.17) is 9.47 Å². The molecule has 58 heavy (non-hydrogen) atoms. The number of halogens is 3. The van der Waals surface area contributed by atoms with Crippen LogP contribution >= 0.6 is 0 Å². The molecule has 3 aliphatic carbocycles. The molecule has 1 aromatic carbocycles. The Hall–Kier alpha value is -4.61. The van der Waals surface area contributed by atoms with Gasteiger partial charge in [0.1, 0.15) is 35.0 Å². The van der Waals surface area contributed by atoms with Crippen LogP contribution in [0.3, 0.4) is 0 Å². The number of pyridine rings is 1. The van der Waals surface area contributed by atoms with E-state index in [-0.39, 0.29) is 48.6 Å². The first-order valence-electron chi connectivity index (χ1n) is 19.9. The van der Waals surface area contributed by atoms with Gasteiger partial charge in [0.15, 0.2) is 0 Å². The second-order valence-electron chi connectivity index (χ2n) is 17.2. The SMILES string of the molecule is C[C@H]1CCC=C[C@@H]2C[C@@]2(C(=O)NS(=O)(=O)C2CC2)NC(=O)[C@@H]2C[C@@H](Oc3ncc(OC4CC4)c4ccccc34)CN2C(=O)[C@@H](N(C(=O)O)C(C)(C)C(F)(F)F)[C@H](C)C1. The van der Waals surface area contributed by atoms with Crippen molar-refractivity contribution in [2.45, 2.75) is 132 Å². The third kappa shape index (κ3) is 8.17. The zero-order valence-corrected chi connectivity index (χ0v) is 33.6. The fourth-order valence-electron chi connectivity index (χ4n) is 8.34. The van der Waals surface area contributed by atoms with E-state index < -0.39 is 86.4 Å². The predicted molar refractivity (Wildman–Crippen MR) is 204 cm³/mol. The molecular formula is C40H50F3N5O9S. The Balaban J connectivity index is 1.28. The highest BCUT2D eigenvalue weighted by atomic mass is 32.2. The summed E-state index contributed by atoms with van der Waals surface area (Å²) in [6.07, 6.45) is 0.747. The lowest BCUT2D eigenvalue weighted by atomic mass is 9.85. The number of carbonyl (C=O) groups excluding carboxylic acids is 3. The molecule has 5 aliphatic rings. The van der Waals surface area contributed by atoms with Crippen LogP contribution in [-0.2, 0) is 24.4 Å². The molecule has 2 aromatic rings. The summed E-state index contributed by atoms with van der Waals surface area (Å²) in [7, 11) is -4.02. The van der Waals surface area contributed by atoms with E-state index in [1.54, 1.807) is 18.2 Å². The molecule has 0 radical (unpaired) electrons. The van der Waals surface area contributed by atoms with Gasteiger partial charge in [0.05, 0.1) is 24.1 Å². The lowest BCUT2D eigenvalue weighted by Crippen LogP contribution is -2.66. The minimum absolute atomic E-state index is 0.0643. The number of nitrogens with one attached hydrogen (secondary N) is 2. The van der Waals surface area contributed by atoms with Crippen molar-refractivity contribution >= 4 is 44.6 Å². The Labute approximate surface area is 334 Å². The van der Waals surface area contributed by atoms with Crippen LogP contribution in [0.25, 0.3) is 10.8 Å². The van der Waals surface area contributed by atoms with E-state index in [2.05, 4.69) is 15.0 Å². The van der Waals surface area contributed by atoms with E-state index in [0.29, 0.717) is 56.1 Å². The lowest BCUT2D eigenvalue weighted by Gasteiger charge is -2.45. The highest BCUT2D eigenvalue weighted by Crippen LogP contribution is 2.47. The minimum atomic E-state index is -5.09. The quantitative estimate of drug-likeness (QED) is 0.280. The smallest absolute Gasteiger partial charge is 0.411 e. The molecule has 14 nitrogen and oxygen atoms in total. The molecule has 4 fully saturated rings. The van der Waals surface area contributed by atoms with Crippen LogP contribution in [-0.4, -0.2) is 105 Å². The third-order valence-corrected chi connectivity index (χ3v) is 14.0. The standard InChI is InChI=1S/C40H50F3N5O9S/c1-22-9-5-6-10-24-19-39(24,36(51)46-58(54,55)27-15-16-27)45-33(49)30-18-26(57-34-29-12-8-7-11-28(29)31(20-44-34)56-25-13-14-25)21-47(30)35(50)32(23(2)17-22)48(37(52)53)38(3,4)40(41,42)43/h6-8,10-12,20,22-27,30,32H,5,9,13-19,21H2,1-4H3,(H,45,49)(H,46,51)(H,52,53)/t22-,23+,24+,26+,30-,32-,39+/m0/s1. The summed E-state index contributed by atoms with van der Waals surface area (Å²) in [5, 5.41) is 13.8. The van der Waals surface area contributed by atoms with Gasteiger partial charge in [0.25, 0.3) is 5.91 Å². The maximum Gasteiger partial charge on any atom is 0.411 e. The van der Waals surface area contributed by atoms with Crippen molar-refractivity contribution in [1.29, 1.82) is 0 Å². The highest BCUT2D eigenvalue weighted by molar-refractivity contribution is 7.91. The summed E-state index contributed by atoms with van der Waals surface area (Å²) < 4.78 is 84.5. The van der Waals surface area contributed by atoms with Crippen LogP contribution in [0.5, 0.6) is 11.6 Å². The number of hydrogen-bond acceptors (Lipinski definition) is 9. The number of carbonyl (C=O) groups is 4. The van der Waals surface area contributed by atoms with Gasteiger partial charge in [-0.25, -0.2) is 18.2 Å². The van der Waals surface area contributed by atoms with Crippen molar-refractivity contribution in [3.63, 3.8) is 0 Å². The van der Waals surface area contributed by atoms with Crippen LogP contribution in [0.15, 0.2) is 42.6 Å². The van der Waals surface area contributed by atoms with Gasteiger partial charge in [-0.2, -0.15) is 13.2 Å². The molecule has 0 unspecified atom stereocenters. The molecule has 4 amide bonds. The Morgan fingerprint density at radius 3 is 2.34 bits per heavy atom. The summed E-state index contributed by atoms with van der Waals surface area (Å²) in [4.78, 5) is 62.0. The second kappa shape index (κ2) is 15.2. The Morgan fingerprint density at radius 2 is 1.71 bits per heavy atom. The molecule has 3 N–H and O–H groups in total. The number of rotatable bonds is 9. The first kappa shape index (κ1) is 41.5. The zero-order chi connectivity index (χ0) is 41.9. The second-order valence-corrected chi connectivity index (χ2v) is 19.2. The van der Waals surface area contributed by atoms with Crippen molar-refractivity contribution in [1.82, 2.24) is 24.8 Å². The predicted octanol–water partition coefficient (Wildman–Crippen LogP) is 5.31. The molecule has 1 aromatic heterocycles. The summed E-state index contributed by atoms with van der Waals surface area (Å²) in [6.45, 7) is 4.44. The highest BCUT2D eigenvalue weighted by Gasteiger charge is 2.63. The van der Waals surface area contributed by atoms with Gasteiger partial charge in [0.2, 0.25) is 27.7 Å². The van der Waals surface area contributed by atoms with Gasteiger partial charge < -0.3 is 24.8 Å². The molecule has 0 spiro atoms. The fourth-order valence-corrected chi connectivity index (χ4v) is 9.70. The molecule has 3 heterocycles. The minimum Gasteiger partial charge on any atom is -0.488 e. The van der Waals surface area contributed by atoms with E-state index in [9.17, 15) is 41.1 Å². The van der Waals surface area contributed by atoms with Gasteiger partial charge in [0, 0.05) is 23.1 Å². The van der Waals surface area contributed by atoms with Gasteiger partial charge in [-0.1, -0.05) is 44.2 Å². The first-order valence-corrected chi connectivity index (χ1v) is 21.4. The van der Waals surface area contributed by atoms with Crippen molar-refractivity contribution in [3.05, 3.63) is 42.6 Å². The Morgan fingerprint density at radius 1 is 1.02 bits per heavy atom. The summed E-state index contributed by atoms with van der Waals surface area (Å²) in [5.41, 5.74) is -4.72. The van der Waals surface area contributed by atoms with E-state index >= 15 is 4.79 Å². The van der Waals surface area contributed by atoms with E-state index in [0.717, 1.165) is 17.7 Å². The number of ether oxygens (including phenoxy) is 2. The largest absolute Gasteiger partial charge is 0.488 e. The topological polar surface area (TPSA) is 185 Å². The van der Waals surface area contributed by atoms with Crippen LogP contribution in [0.4, 0.5) is 18.0 Å². The van der Waals surface area contributed by atoms with Crippen molar-refractivity contribution in [2.75, 3.05) is 6.54 Å². The van der Waals surface area contributed by atoms with Crippen LogP contribution < -0.4 is 19.5 Å². The number of carboxylic acid groups (broad SMARTS) is 1. The number of amides is 4. The van der Waals surface area contributed by atoms with Crippen molar-refractivity contribution < 1.29 is 55.3 Å². The number of hydrogen-bond donors (Lipinski definition) is 3. The molecule has 316 valence electrons. The molecule has 3 saturated carbocycles. The van der Waals surface area contributed by atoms with Gasteiger partial charge >= 0.3 is 12.3 Å². The third-order valence-electron chi connectivity index (χ3n) is 12.2. The Bertz CT molecular complexity index is 2110. The number of alkyl halides is 3. The van der Waals surface area contributed by atoms with Crippen LogP contribution in [0.1, 0.15) is 85.5 Å². The monoisotopic (exact) mass is 833 g/mol. The van der Waals surface area contributed by atoms with Gasteiger partial charge in [-0.15, -0.1) is 0 Å². The van der Waals surface area contributed by atoms with Crippen LogP contribution in [0, 0.1) is 17.8 Å². The van der Waals surface area contributed by atoms with Crippen molar-refractivity contribution in [2.24, 2.45) is 17.8 Å². The van der Waals surface area contributed by atoms with Crippen molar-refractivity contribution in [3.8, 4) is 11.6 Å². The molecule has 1 saturated heterocycles. The normalized spacial score (nSPS) is 29.7. The van der Waals surface area contributed by atoms with Gasteiger partial charge in [-0.05, 0) is 83.1 Å². The maximum atomic E-state index is 15.0. The average molecular weight is 834 g/mol. The number of sulfonamides is 1. The first-order chi connectivity index (χ1) is 27.2. The lowest BCUT2D eigenvalue weighted by molar-refractivity contribution is -0.222.